The van der Waals surface area contributed by atoms with Crippen molar-refractivity contribution in [2.24, 2.45) is 5.41 Å². The molecule has 3 heterocycles. The van der Waals surface area contributed by atoms with Crippen molar-refractivity contribution in [2.75, 3.05) is 52.9 Å². The predicted octanol–water partition coefficient (Wildman–Crippen LogP) is 0.736. The second kappa shape index (κ2) is 6.44. The van der Waals surface area contributed by atoms with Crippen molar-refractivity contribution in [3.05, 3.63) is 0 Å². The number of rotatable bonds is 2. The van der Waals surface area contributed by atoms with E-state index in [4.69, 9.17) is 0 Å². The molecular weight excluding hydrogens is 280 g/mol. The van der Waals surface area contributed by atoms with Crippen LogP contribution in [0.4, 0.5) is 4.79 Å². The first kappa shape index (κ1) is 15.6. The van der Waals surface area contributed by atoms with E-state index >= 15 is 0 Å². The summed E-state index contributed by atoms with van der Waals surface area (Å²) in [6.07, 6.45) is 5.94. The highest BCUT2D eigenvalue weighted by atomic mass is 16.2. The van der Waals surface area contributed by atoms with E-state index in [2.05, 4.69) is 5.32 Å². The van der Waals surface area contributed by atoms with Gasteiger partial charge in [0.15, 0.2) is 0 Å². The number of urea groups is 1. The summed E-state index contributed by atoms with van der Waals surface area (Å²) < 4.78 is 0. The highest BCUT2D eigenvalue weighted by Gasteiger charge is 2.35. The number of likely N-dealkylation sites (N-methyl/N-ethyl adjacent to an activating group) is 1. The monoisotopic (exact) mass is 308 g/mol. The zero-order valence-electron chi connectivity index (χ0n) is 13.6. The van der Waals surface area contributed by atoms with E-state index in [9.17, 15) is 9.59 Å². The minimum Gasteiger partial charge on any atom is -0.341 e. The molecule has 0 aromatic heterocycles. The van der Waals surface area contributed by atoms with E-state index < -0.39 is 0 Å². The summed E-state index contributed by atoms with van der Waals surface area (Å²) in [6.45, 7) is 5.58. The molecular formula is C16H28N4O2. The van der Waals surface area contributed by atoms with Gasteiger partial charge in [-0.25, -0.2) is 4.79 Å². The van der Waals surface area contributed by atoms with Crippen molar-refractivity contribution in [1.29, 1.82) is 0 Å². The van der Waals surface area contributed by atoms with Crippen molar-refractivity contribution in [3.63, 3.8) is 0 Å². The molecule has 0 bridgehead atoms. The molecule has 22 heavy (non-hydrogen) atoms. The van der Waals surface area contributed by atoms with Gasteiger partial charge in [-0.2, -0.15) is 0 Å². The van der Waals surface area contributed by atoms with E-state index in [-0.39, 0.29) is 18.5 Å². The Balaban J connectivity index is 1.54. The molecule has 1 N–H and O–H groups in total. The molecule has 0 aromatic carbocycles. The SMILES string of the molecule is CN1CCN(CC(=O)N2CCCC3(CCNCC3)CC2)C1=O. The molecule has 0 radical (unpaired) electrons. The maximum Gasteiger partial charge on any atom is 0.320 e. The van der Waals surface area contributed by atoms with Crippen LogP contribution < -0.4 is 5.32 Å². The smallest absolute Gasteiger partial charge is 0.320 e. The Morgan fingerprint density at radius 2 is 1.86 bits per heavy atom. The molecule has 6 heteroatoms. The Kier molecular flexibility index (Phi) is 4.57. The first-order chi connectivity index (χ1) is 10.6. The molecule has 1 spiro atoms. The van der Waals surface area contributed by atoms with Crippen LogP contribution in [0.2, 0.25) is 0 Å². The molecule has 3 saturated heterocycles. The topological polar surface area (TPSA) is 55.9 Å². The maximum atomic E-state index is 12.5. The van der Waals surface area contributed by atoms with Crippen LogP contribution in [0.15, 0.2) is 0 Å². The second-order valence-corrected chi connectivity index (χ2v) is 7.11. The third-order valence-corrected chi connectivity index (χ3v) is 5.69. The fourth-order valence-electron chi connectivity index (χ4n) is 4.07. The zero-order chi connectivity index (χ0) is 15.6. The lowest BCUT2D eigenvalue weighted by Crippen LogP contribution is -2.43. The van der Waals surface area contributed by atoms with Crippen molar-refractivity contribution in [3.8, 4) is 0 Å². The maximum absolute atomic E-state index is 12.5. The van der Waals surface area contributed by atoms with Crippen LogP contribution in [-0.4, -0.2) is 79.5 Å². The number of likely N-dealkylation sites (tertiary alicyclic amines) is 1. The van der Waals surface area contributed by atoms with Gasteiger partial charge in [0.2, 0.25) is 5.91 Å². The minimum atomic E-state index is -0.0157. The van der Waals surface area contributed by atoms with E-state index in [1.54, 1.807) is 16.8 Å². The first-order valence-corrected chi connectivity index (χ1v) is 8.58. The largest absolute Gasteiger partial charge is 0.341 e. The molecule has 0 aromatic rings. The van der Waals surface area contributed by atoms with Crippen molar-refractivity contribution >= 4 is 11.9 Å². The molecule has 0 aliphatic carbocycles. The van der Waals surface area contributed by atoms with Crippen molar-refractivity contribution in [2.45, 2.75) is 32.1 Å². The van der Waals surface area contributed by atoms with Crippen molar-refractivity contribution < 1.29 is 9.59 Å². The van der Waals surface area contributed by atoms with E-state index in [0.29, 0.717) is 12.0 Å². The average molecular weight is 308 g/mol. The van der Waals surface area contributed by atoms with Gasteiger partial charge in [0.1, 0.15) is 6.54 Å². The Morgan fingerprint density at radius 1 is 1.09 bits per heavy atom. The molecule has 3 aliphatic rings. The summed E-state index contributed by atoms with van der Waals surface area (Å²) in [7, 11) is 1.79. The molecule has 3 amide bonds. The van der Waals surface area contributed by atoms with Gasteiger partial charge in [-0.05, 0) is 50.6 Å². The number of carbonyl (C=O) groups is 2. The number of amides is 3. The fourth-order valence-corrected chi connectivity index (χ4v) is 4.07. The average Bonchev–Trinajstić information content (AvgIpc) is 2.73. The summed E-state index contributed by atoms with van der Waals surface area (Å²) >= 11 is 0. The predicted molar refractivity (Wildman–Crippen MR) is 84.6 cm³/mol. The zero-order valence-corrected chi connectivity index (χ0v) is 13.6. The lowest BCUT2D eigenvalue weighted by molar-refractivity contribution is -0.131. The number of nitrogens with zero attached hydrogens (tertiary/aromatic N) is 3. The Hall–Kier alpha value is -1.30. The molecule has 6 nitrogen and oxygen atoms in total. The van der Waals surface area contributed by atoms with Crippen LogP contribution in [-0.2, 0) is 4.79 Å². The Morgan fingerprint density at radius 3 is 2.55 bits per heavy atom. The fraction of sp³-hybridized carbons (Fsp3) is 0.875. The van der Waals surface area contributed by atoms with Crippen LogP contribution >= 0.6 is 0 Å². The van der Waals surface area contributed by atoms with Gasteiger partial charge in [-0.15, -0.1) is 0 Å². The summed E-state index contributed by atoms with van der Waals surface area (Å²) in [5.41, 5.74) is 0.448. The minimum absolute atomic E-state index is 0.0157. The number of carbonyl (C=O) groups excluding carboxylic acids is 2. The van der Waals surface area contributed by atoms with Crippen LogP contribution in [0.25, 0.3) is 0 Å². The van der Waals surface area contributed by atoms with Crippen LogP contribution in [0.5, 0.6) is 0 Å². The summed E-state index contributed by atoms with van der Waals surface area (Å²) in [6, 6.07) is -0.0157. The number of hydrogen-bond acceptors (Lipinski definition) is 3. The van der Waals surface area contributed by atoms with Crippen LogP contribution in [0.1, 0.15) is 32.1 Å². The summed E-state index contributed by atoms with van der Waals surface area (Å²) in [5, 5.41) is 3.44. The lowest BCUT2D eigenvalue weighted by atomic mass is 9.73. The summed E-state index contributed by atoms with van der Waals surface area (Å²) in [4.78, 5) is 29.8. The molecule has 0 atom stereocenters. The standard InChI is InChI=1S/C16H28N4O2/c1-18-11-12-20(15(18)22)13-14(21)19-9-2-3-16(6-10-19)4-7-17-8-5-16/h17H,2-13H2,1H3. The van der Waals surface area contributed by atoms with Crippen molar-refractivity contribution in [1.82, 2.24) is 20.0 Å². The quantitative estimate of drug-likeness (QED) is 0.818. The molecule has 3 fully saturated rings. The lowest BCUT2D eigenvalue weighted by Gasteiger charge is -2.37. The van der Waals surface area contributed by atoms with Gasteiger partial charge in [0, 0.05) is 33.2 Å². The van der Waals surface area contributed by atoms with Gasteiger partial charge in [-0.1, -0.05) is 0 Å². The second-order valence-electron chi connectivity index (χ2n) is 7.11. The molecule has 0 saturated carbocycles. The van der Waals surface area contributed by atoms with Crippen LogP contribution in [0.3, 0.4) is 0 Å². The Bertz CT molecular complexity index is 434. The van der Waals surface area contributed by atoms with Gasteiger partial charge < -0.3 is 20.0 Å². The summed E-state index contributed by atoms with van der Waals surface area (Å²) in [5.74, 6) is 0.120. The number of nitrogens with one attached hydrogen (secondary N) is 1. The van der Waals surface area contributed by atoms with E-state index in [0.717, 1.165) is 45.6 Å². The number of hydrogen-bond donors (Lipinski definition) is 1. The van der Waals surface area contributed by atoms with E-state index in [1.807, 2.05) is 4.90 Å². The molecule has 3 aliphatic heterocycles. The highest BCUT2D eigenvalue weighted by Crippen LogP contribution is 2.39. The van der Waals surface area contributed by atoms with Crippen LogP contribution in [0, 0.1) is 5.41 Å². The van der Waals surface area contributed by atoms with E-state index in [1.165, 1.54) is 19.3 Å². The molecule has 0 unspecified atom stereocenters. The van der Waals surface area contributed by atoms with Gasteiger partial charge in [0.05, 0.1) is 0 Å². The highest BCUT2D eigenvalue weighted by molar-refractivity contribution is 5.85. The first-order valence-electron chi connectivity index (χ1n) is 8.58. The Labute approximate surface area is 132 Å². The number of piperidine rings is 1. The van der Waals surface area contributed by atoms with Gasteiger partial charge in [0.25, 0.3) is 0 Å². The van der Waals surface area contributed by atoms with Gasteiger partial charge >= 0.3 is 6.03 Å². The third kappa shape index (κ3) is 3.21. The molecule has 124 valence electrons. The third-order valence-electron chi connectivity index (χ3n) is 5.69. The van der Waals surface area contributed by atoms with Gasteiger partial charge in [-0.3, -0.25) is 4.79 Å². The normalized spacial score (nSPS) is 25.7. The molecule has 3 rings (SSSR count).